The maximum atomic E-state index is 10.7. The van der Waals surface area contributed by atoms with E-state index < -0.39 is 12.1 Å². The first-order valence-electron chi connectivity index (χ1n) is 4.85. The van der Waals surface area contributed by atoms with Gasteiger partial charge in [0.05, 0.1) is 0 Å². The third-order valence-electron chi connectivity index (χ3n) is 2.11. The largest absolute Gasteiger partial charge is 0.479 e. The SMILES string of the molecule is C=CC[C@H](OC1CCCCO1)C(=O)O. The van der Waals surface area contributed by atoms with Crippen molar-refractivity contribution in [1.82, 2.24) is 0 Å². The quantitative estimate of drug-likeness (QED) is 0.684. The molecule has 0 spiro atoms. The molecule has 1 heterocycles. The summed E-state index contributed by atoms with van der Waals surface area (Å²) in [5.74, 6) is -0.959. The van der Waals surface area contributed by atoms with Crippen molar-refractivity contribution in [2.45, 2.75) is 38.1 Å². The summed E-state index contributed by atoms with van der Waals surface area (Å²) in [6, 6.07) is 0. The van der Waals surface area contributed by atoms with Crippen LogP contribution in [0.5, 0.6) is 0 Å². The smallest absolute Gasteiger partial charge is 0.333 e. The second-order valence-corrected chi connectivity index (χ2v) is 3.28. The Hall–Kier alpha value is -0.870. The van der Waals surface area contributed by atoms with Gasteiger partial charge in [0.1, 0.15) is 0 Å². The molecule has 0 radical (unpaired) electrons. The lowest BCUT2D eigenvalue weighted by Crippen LogP contribution is -2.32. The van der Waals surface area contributed by atoms with E-state index in [2.05, 4.69) is 6.58 Å². The van der Waals surface area contributed by atoms with Crippen LogP contribution in [-0.4, -0.2) is 30.1 Å². The highest BCUT2D eigenvalue weighted by Crippen LogP contribution is 2.16. The molecule has 1 unspecified atom stereocenters. The van der Waals surface area contributed by atoms with Crippen molar-refractivity contribution in [3.63, 3.8) is 0 Å². The van der Waals surface area contributed by atoms with Crippen LogP contribution in [0.4, 0.5) is 0 Å². The molecule has 0 saturated carbocycles. The predicted molar refractivity (Wildman–Crippen MR) is 50.9 cm³/mol. The van der Waals surface area contributed by atoms with Gasteiger partial charge in [0.15, 0.2) is 12.4 Å². The van der Waals surface area contributed by atoms with Gasteiger partial charge in [-0.15, -0.1) is 6.58 Å². The van der Waals surface area contributed by atoms with Crippen LogP contribution in [0.3, 0.4) is 0 Å². The fourth-order valence-corrected chi connectivity index (χ4v) is 1.37. The summed E-state index contributed by atoms with van der Waals surface area (Å²) in [7, 11) is 0. The van der Waals surface area contributed by atoms with E-state index in [1.807, 2.05) is 0 Å². The average Bonchev–Trinajstić information content (AvgIpc) is 2.18. The third kappa shape index (κ3) is 3.47. The molecule has 4 nitrogen and oxygen atoms in total. The zero-order valence-corrected chi connectivity index (χ0v) is 8.15. The standard InChI is InChI=1S/C10H16O4/c1-2-5-8(10(11)12)14-9-6-3-4-7-13-9/h2,8-9H,1,3-7H2,(H,11,12)/t8-,9?/m0/s1. The molecule has 0 aromatic heterocycles. The fraction of sp³-hybridized carbons (Fsp3) is 0.700. The van der Waals surface area contributed by atoms with Crippen LogP contribution in [0.25, 0.3) is 0 Å². The molecule has 1 rings (SSSR count). The maximum Gasteiger partial charge on any atom is 0.333 e. The van der Waals surface area contributed by atoms with Gasteiger partial charge >= 0.3 is 5.97 Å². The monoisotopic (exact) mass is 200 g/mol. The molecule has 4 heteroatoms. The first-order chi connectivity index (χ1) is 6.74. The van der Waals surface area contributed by atoms with Gasteiger partial charge in [-0.1, -0.05) is 6.08 Å². The number of carbonyl (C=O) groups is 1. The second-order valence-electron chi connectivity index (χ2n) is 3.28. The van der Waals surface area contributed by atoms with Crippen molar-refractivity contribution >= 4 is 5.97 Å². The second kappa shape index (κ2) is 5.78. The van der Waals surface area contributed by atoms with E-state index in [-0.39, 0.29) is 6.29 Å². The topological polar surface area (TPSA) is 55.8 Å². The molecule has 1 fully saturated rings. The number of carboxylic acids is 1. The lowest BCUT2D eigenvalue weighted by molar-refractivity contribution is -0.199. The Morgan fingerprint density at radius 2 is 2.50 bits per heavy atom. The summed E-state index contributed by atoms with van der Waals surface area (Å²) in [5, 5.41) is 8.81. The molecule has 0 aromatic carbocycles. The van der Waals surface area contributed by atoms with Crippen LogP contribution < -0.4 is 0 Å². The summed E-state index contributed by atoms with van der Waals surface area (Å²) < 4.78 is 10.6. The van der Waals surface area contributed by atoms with Crippen molar-refractivity contribution in [3.8, 4) is 0 Å². The number of hydrogen-bond acceptors (Lipinski definition) is 3. The third-order valence-corrected chi connectivity index (χ3v) is 2.11. The summed E-state index contributed by atoms with van der Waals surface area (Å²) in [6.45, 7) is 4.15. The molecule has 0 aliphatic carbocycles. The maximum absolute atomic E-state index is 10.7. The molecule has 1 aliphatic rings. The van der Waals surface area contributed by atoms with E-state index in [9.17, 15) is 4.79 Å². The summed E-state index contributed by atoms with van der Waals surface area (Å²) in [6.07, 6.45) is 3.52. The Bertz CT molecular complexity index is 196. The van der Waals surface area contributed by atoms with Crippen LogP contribution in [0.15, 0.2) is 12.7 Å². The van der Waals surface area contributed by atoms with Crippen LogP contribution in [0.2, 0.25) is 0 Å². The van der Waals surface area contributed by atoms with E-state index in [0.717, 1.165) is 19.3 Å². The highest BCUT2D eigenvalue weighted by molar-refractivity contribution is 5.72. The predicted octanol–water partition coefficient (Wildman–Crippen LogP) is 1.56. The Morgan fingerprint density at radius 1 is 1.71 bits per heavy atom. The van der Waals surface area contributed by atoms with Gasteiger partial charge in [-0.25, -0.2) is 4.79 Å². The van der Waals surface area contributed by atoms with Crippen LogP contribution in [-0.2, 0) is 14.3 Å². The summed E-state index contributed by atoms with van der Waals surface area (Å²) in [5.41, 5.74) is 0. The summed E-state index contributed by atoms with van der Waals surface area (Å²) in [4.78, 5) is 10.7. The normalized spacial score (nSPS) is 24.1. The first-order valence-corrected chi connectivity index (χ1v) is 4.85. The van der Waals surface area contributed by atoms with Crippen molar-refractivity contribution in [2.75, 3.05) is 6.61 Å². The van der Waals surface area contributed by atoms with Gasteiger partial charge in [-0.3, -0.25) is 0 Å². The Labute approximate surface area is 83.5 Å². The molecule has 14 heavy (non-hydrogen) atoms. The molecule has 80 valence electrons. The number of aliphatic carboxylic acids is 1. The average molecular weight is 200 g/mol. The minimum atomic E-state index is -0.959. The summed E-state index contributed by atoms with van der Waals surface area (Å²) >= 11 is 0. The van der Waals surface area contributed by atoms with E-state index in [0.29, 0.717) is 13.0 Å². The Balaban J connectivity index is 2.36. The van der Waals surface area contributed by atoms with Gasteiger partial charge in [-0.2, -0.15) is 0 Å². The Morgan fingerprint density at radius 3 is 3.00 bits per heavy atom. The van der Waals surface area contributed by atoms with Crippen molar-refractivity contribution < 1.29 is 19.4 Å². The van der Waals surface area contributed by atoms with E-state index >= 15 is 0 Å². The van der Waals surface area contributed by atoms with Crippen molar-refractivity contribution in [1.29, 1.82) is 0 Å². The fourth-order valence-electron chi connectivity index (χ4n) is 1.37. The van der Waals surface area contributed by atoms with Gasteiger partial charge in [0.2, 0.25) is 0 Å². The Kier molecular flexibility index (Phi) is 4.62. The highest BCUT2D eigenvalue weighted by atomic mass is 16.7. The first kappa shape index (κ1) is 11.2. The van der Waals surface area contributed by atoms with Gasteiger partial charge in [-0.05, 0) is 19.3 Å². The van der Waals surface area contributed by atoms with E-state index in [1.54, 1.807) is 6.08 Å². The number of ether oxygens (including phenoxy) is 2. The number of rotatable bonds is 5. The van der Waals surface area contributed by atoms with Gasteiger partial charge < -0.3 is 14.6 Å². The lowest BCUT2D eigenvalue weighted by atomic mass is 10.2. The van der Waals surface area contributed by atoms with Gasteiger partial charge in [0, 0.05) is 13.0 Å². The molecule has 0 amide bonds. The highest BCUT2D eigenvalue weighted by Gasteiger charge is 2.23. The molecule has 1 saturated heterocycles. The minimum Gasteiger partial charge on any atom is -0.479 e. The number of hydrogen-bond donors (Lipinski definition) is 1. The van der Waals surface area contributed by atoms with E-state index in [4.69, 9.17) is 14.6 Å². The molecule has 2 atom stereocenters. The molecule has 1 N–H and O–H groups in total. The van der Waals surface area contributed by atoms with Crippen LogP contribution >= 0.6 is 0 Å². The zero-order chi connectivity index (χ0) is 10.4. The number of carboxylic acid groups (broad SMARTS) is 1. The molecular formula is C10H16O4. The van der Waals surface area contributed by atoms with Crippen LogP contribution in [0, 0.1) is 0 Å². The van der Waals surface area contributed by atoms with Crippen molar-refractivity contribution in [3.05, 3.63) is 12.7 Å². The van der Waals surface area contributed by atoms with E-state index in [1.165, 1.54) is 0 Å². The zero-order valence-electron chi connectivity index (χ0n) is 8.15. The minimum absolute atomic E-state index is 0.315. The molecule has 0 bridgehead atoms. The van der Waals surface area contributed by atoms with Crippen LogP contribution in [0.1, 0.15) is 25.7 Å². The molecular weight excluding hydrogens is 184 g/mol. The lowest BCUT2D eigenvalue weighted by Gasteiger charge is -2.25. The van der Waals surface area contributed by atoms with Gasteiger partial charge in [0.25, 0.3) is 0 Å². The molecule has 1 aliphatic heterocycles. The van der Waals surface area contributed by atoms with Crippen molar-refractivity contribution in [2.24, 2.45) is 0 Å². The molecule has 0 aromatic rings.